The number of fused-ring (bicyclic) bond motifs is 3. The Hall–Kier alpha value is -2.97. The molecule has 2 saturated heterocycles. The summed E-state index contributed by atoms with van der Waals surface area (Å²) in [6.07, 6.45) is 0.977. The van der Waals surface area contributed by atoms with E-state index >= 15 is 0 Å². The SMILES string of the molecule is CC(=O)OCC(=O)N1CC2CC1CN2Cc1ccc(Oc2nc3ccccc3s2)cc1. The molecule has 0 N–H and O–H groups in total. The lowest BCUT2D eigenvalue weighted by molar-refractivity contribution is -0.151. The number of piperazine rings is 1. The molecule has 7 nitrogen and oxygen atoms in total. The molecule has 2 aromatic carbocycles. The summed E-state index contributed by atoms with van der Waals surface area (Å²) < 4.78 is 11.9. The van der Waals surface area contributed by atoms with E-state index in [0.717, 1.165) is 35.5 Å². The molecule has 2 unspecified atom stereocenters. The number of aromatic nitrogens is 1. The second-order valence-electron chi connectivity index (χ2n) is 7.99. The fourth-order valence-electron chi connectivity index (χ4n) is 4.39. The molecule has 2 aliphatic heterocycles. The van der Waals surface area contributed by atoms with Gasteiger partial charge >= 0.3 is 5.97 Å². The van der Waals surface area contributed by atoms with Gasteiger partial charge in [0, 0.05) is 38.6 Å². The first-order chi connectivity index (χ1) is 15.0. The highest BCUT2D eigenvalue weighted by Gasteiger charge is 2.44. The Morgan fingerprint density at radius 1 is 1.10 bits per heavy atom. The predicted molar refractivity (Wildman–Crippen MR) is 117 cm³/mol. The van der Waals surface area contributed by atoms with Crippen LogP contribution in [-0.2, 0) is 20.9 Å². The topological polar surface area (TPSA) is 72.0 Å². The molecule has 5 rings (SSSR count). The van der Waals surface area contributed by atoms with Crippen molar-refractivity contribution in [2.45, 2.75) is 32.0 Å². The van der Waals surface area contributed by atoms with Crippen LogP contribution in [0.1, 0.15) is 18.9 Å². The number of rotatable bonds is 6. The van der Waals surface area contributed by atoms with Crippen molar-refractivity contribution >= 4 is 33.4 Å². The van der Waals surface area contributed by atoms with Crippen molar-refractivity contribution in [3.63, 3.8) is 0 Å². The van der Waals surface area contributed by atoms with E-state index in [1.54, 1.807) is 0 Å². The van der Waals surface area contributed by atoms with Crippen LogP contribution >= 0.6 is 11.3 Å². The average Bonchev–Trinajstić information content (AvgIpc) is 3.46. The van der Waals surface area contributed by atoms with Crippen molar-refractivity contribution in [1.82, 2.24) is 14.8 Å². The number of carbonyl (C=O) groups excluding carboxylic acids is 2. The van der Waals surface area contributed by atoms with Crippen molar-refractivity contribution in [3.05, 3.63) is 54.1 Å². The van der Waals surface area contributed by atoms with Gasteiger partial charge in [-0.05, 0) is 36.2 Å². The number of hydrogen-bond donors (Lipinski definition) is 0. The number of amides is 1. The third-order valence-electron chi connectivity index (χ3n) is 5.86. The van der Waals surface area contributed by atoms with E-state index in [0.29, 0.717) is 17.8 Å². The third kappa shape index (κ3) is 4.26. The van der Waals surface area contributed by atoms with E-state index in [1.165, 1.54) is 23.8 Å². The highest BCUT2D eigenvalue weighted by atomic mass is 32.1. The number of likely N-dealkylation sites (tertiary alicyclic amines) is 2. The number of hydrogen-bond acceptors (Lipinski definition) is 7. The van der Waals surface area contributed by atoms with Crippen LogP contribution in [0.25, 0.3) is 10.2 Å². The average molecular weight is 438 g/mol. The highest BCUT2D eigenvalue weighted by molar-refractivity contribution is 7.20. The second-order valence-corrected chi connectivity index (χ2v) is 8.99. The number of carbonyl (C=O) groups is 2. The fourth-order valence-corrected chi connectivity index (χ4v) is 5.22. The van der Waals surface area contributed by atoms with E-state index < -0.39 is 5.97 Å². The summed E-state index contributed by atoms with van der Waals surface area (Å²) in [5, 5.41) is 0.643. The largest absolute Gasteiger partial charge is 0.456 e. The second kappa shape index (κ2) is 8.28. The molecule has 2 bridgehead atoms. The normalized spacial score (nSPS) is 20.4. The lowest BCUT2D eigenvalue weighted by Crippen LogP contribution is -2.49. The number of esters is 1. The summed E-state index contributed by atoms with van der Waals surface area (Å²) in [6.45, 7) is 3.55. The van der Waals surface area contributed by atoms with Crippen molar-refractivity contribution in [1.29, 1.82) is 0 Å². The van der Waals surface area contributed by atoms with Gasteiger partial charge in [-0.25, -0.2) is 4.98 Å². The van der Waals surface area contributed by atoms with E-state index in [-0.39, 0.29) is 18.6 Å². The predicted octanol–water partition coefficient (Wildman–Crippen LogP) is 3.44. The van der Waals surface area contributed by atoms with Gasteiger partial charge in [0.15, 0.2) is 6.61 Å². The summed E-state index contributed by atoms with van der Waals surface area (Å²) in [6, 6.07) is 16.7. The zero-order valence-electron chi connectivity index (χ0n) is 17.2. The lowest BCUT2D eigenvalue weighted by Gasteiger charge is -2.34. The van der Waals surface area contributed by atoms with Crippen LogP contribution in [0.15, 0.2) is 48.5 Å². The van der Waals surface area contributed by atoms with Crippen LogP contribution in [0.5, 0.6) is 10.9 Å². The van der Waals surface area contributed by atoms with E-state index in [2.05, 4.69) is 22.0 Å². The molecule has 31 heavy (non-hydrogen) atoms. The van der Waals surface area contributed by atoms with Gasteiger partial charge in [0.05, 0.1) is 10.2 Å². The molecule has 160 valence electrons. The van der Waals surface area contributed by atoms with Crippen molar-refractivity contribution in [3.8, 4) is 10.9 Å². The third-order valence-corrected chi connectivity index (χ3v) is 6.78. The molecule has 2 aliphatic rings. The molecule has 0 radical (unpaired) electrons. The molecule has 0 spiro atoms. The Labute approximate surface area is 184 Å². The van der Waals surface area contributed by atoms with Gasteiger partial charge in [-0.3, -0.25) is 14.5 Å². The molecule has 0 saturated carbocycles. The Morgan fingerprint density at radius 3 is 2.61 bits per heavy atom. The number of para-hydroxylation sites is 1. The summed E-state index contributed by atoms with van der Waals surface area (Å²) in [5.41, 5.74) is 2.16. The van der Waals surface area contributed by atoms with Crippen molar-refractivity contribution < 1.29 is 19.1 Å². The van der Waals surface area contributed by atoms with Gasteiger partial charge in [-0.15, -0.1) is 0 Å². The minimum Gasteiger partial charge on any atom is -0.456 e. The molecular formula is C23H23N3O4S. The van der Waals surface area contributed by atoms with Crippen LogP contribution in [0.2, 0.25) is 0 Å². The quantitative estimate of drug-likeness (QED) is 0.550. The molecule has 3 heterocycles. The van der Waals surface area contributed by atoms with E-state index in [9.17, 15) is 9.59 Å². The van der Waals surface area contributed by atoms with Gasteiger partial charge in [-0.1, -0.05) is 35.6 Å². The number of nitrogens with zero attached hydrogens (tertiary/aromatic N) is 3. The van der Waals surface area contributed by atoms with Crippen molar-refractivity contribution in [2.75, 3.05) is 19.7 Å². The van der Waals surface area contributed by atoms with Crippen LogP contribution in [0.4, 0.5) is 0 Å². The molecular weight excluding hydrogens is 414 g/mol. The number of thiazole rings is 1. The number of ether oxygens (including phenoxy) is 2. The summed E-state index contributed by atoms with van der Waals surface area (Å²) in [4.78, 5) is 32.0. The minimum absolute atomic E-state index is 0.0984. The molecule has 1 amide bonds. The molecule has 2 fully saturated rings. The Bertz CT molecular complexity index is 1080. The van der Waals surface area contributed by atoms with Crippen LogP contribution < -0.4 is 4.74 Å². The number of benzene rings is 2. The first kappa shape index (κ1) is 20.0. The molecule has 8 heteroatoms. The minimum atomic E-state index is -0.421. The standard InChI is InChI=1S/C23H23N3O4S/c1-15(27)29-14-22(28)26-13-17-10-18(26)12-25(17)11-16-6-8-19(9-7-16)30-23-24-20-4-2-3-5-21(20)31-23/h2-9,17-18H,10-14H2,1H3. The smallest absolute Gasteiger partial charge is 0.303 e. The van der Waals surface area contributed by atoms with Crippen LogP contribution in [0, 0.1) is 0 Å². The van der Waals surface area contributed by atoms with Crippen molar-refractivity contribution in [2.24, 2.45) is 0 Å². The molecule has 1 aromatic heterocycles. The van der Waals surface area contributed by atoms with E-state index in [4.69, 9.17) is 9.47 Å². The highest BCUT2D eigenvalue weighted by Crippen LogP contribution is 2.33. The first-order valence-corrected chi connectivity index (χ1v) is 11.2. The van der Waals surface area contributed by atoms with Crippen LogP contribution in [-0.4, -0.2) is 58.4 Å². The van der Waals surface area contributed by atoms with Gasteiger partial charge in [0.1, 0.15) is 5.75 Å². The molecule has 2 atom stereocenters. The maximum atomic E-state index is 12.3. The zero-order chi connectivity index (χ0) is 21.4. The Morgan fingerprint density at radius 2 is 1.90 bits per heavy atom. The molecule has 0 aliphatic carbocycles. The summed E-state index contributed by atoms with van der Waals surface area (Å²) in [7, 11) is 0. The first-order valence-electron chi connectivity index (χ1n) is 10.3. The van der Waals surface area contributed by atoms with Crippen LogP contribution in [0.3, 0.4) is 0 Å². The van der Waals surface area contributed by atoms with Gasteiger partial charge < -0.3 is 14.4 Å². The maximum absolute atomic E-state index is 12.3. The Balaban J connectivity index is 1.16. The summed E-state index contributed by atoms with van der Waals surface area (Å²) >= 11 is 1.54. The fraction of sp³-hybridized carbons (Fsp3) is 0.348. The summed E-state index contributed by atoms with van der Waals surface area (Å²) in [5.74, 6) is 0.251. The maximum Gasteiger partial charge on any atom is 0.303 e. The Kier molecular flexibility index (Phi) is 5.33. The lowest BCUT2D eigenvalue weighted by atomic mass is 10.2. The van der Waals surface area contributed by atoms with Gasteiger partial charge in [0.2, 0.25) is 0 Å². The van der Waals surface area contributed by atoms with E-state index in [1.807, 2.05) is 41.3 Å². The molecule has 3 aromatic rings. The van der Waals surface area contributed by atoms with Gasteiger partial charge in [-0.2, -0.15) is 0 Å². The van der Waals surface area contributed by atoms with Gasteiger partial charge in [0.25, 0.3) is 11.1 Å². The monoisotopic (exact) mass is 437 g/mol. The zero-order valence-corrected chi connectivity index (χ0v) is 18.0.